The summed E-state index contributed by atoms with van der Waals surface area (Å²) in [5.41, 5.74) is 2.83. The number of ether oxygens (including phenoxy) is 1. The second kappa shape index (κ2) is 6.47. The fourth-order valence-electron chi connectivity index (χ4n) is 2.62. The molecular formula is C18H20FN3O2. The van der Waals surface area contributed by atoms with Crippen LogP contribution in [0.1, 0.15) is 28.5 Å². The van der Waals surface area contributed by atoms with Gasteiger partial charge in [0.2, 0.25) is 5.88 Å². The fraction of sp³-hybridized carbons (Fsp3) is 0.333. The van der Waals surface area contributed by atoms with Crippen LogP contribution in [0.25, 0.3) is 0 Å². The van der Waals surface area contributed by atoms with Gasteiger partial charge < -0.3 is 15.0 Å². The normalized spacial score (nSPS) is 15.9. The lowest BCUT2D eigenvalue weighted by molar-refractivity contribution is 0.0819. The van der Waals surface area contributed by atoms with Gasteiger partial charge in [0, 0.05) is 14.1 Å². The first-order chi connectivity index (χ1) is 11.4. The van der Waals surface area contributed by atoms with Gasteiger partial charge in [0.15, 0.2) is 0 Å². The van der Waals surface area contributed by atoms with Crippen LogP contribution in [0.3, 0.4) is 0 Å². The Morgan fingerprint density at radius 1 is 1.38 bits per heavy atom. The number of hydrogen-bond donors (Lipinski definition) is 1. The molecule has 3 rings (SSSR count). The number of fused-ring (bicyclic) bond motifs is 1. The van der Waals surface area contributed by atoms with E-state index < -0.39 is 0 Å². The molecule has 1 aliphatic rings. The van der Waals surface area contributed by atoms with Crippen molar-refractivity contribution in [2.24, 2.45) is 0 Å². The molecule has 1 aliphatic heterocycles. The Bertz CT molecular complexity index is 760. The van der Waals surface area contributed by atoms with Crippen molar-refractivity contribution in [3.8, 4) is 5.88 Å². The summed E-state index contributed by atoms with van der Waals surface area (Å²) in [6.45, 7) is 2.52. The molecule has 0 spiro atoms. The molecule has 0 bridgehead atoms. The van der Waals surface area contributed by atoms with Crippen LogP contribution in [0.4, 0.5) is 10.1 Å². The minimum atomic E-state index is -0.282. The van der Waals surface area contributed by atoms with Crippen molar-refractivity contribution in [1.29, 1.82) is 0 Å². The molecule has 1 N–H and O–H groups in total. The molecule has 6 heteroatoms. The van der Waals surface area contributed by atoms with E-state index in [1.165, 1.54) is 17.0 Å². The van der Waals surface area contributed by atoms with Crippen molar-refractivity contribution in [2.75, 3.05) is 26.0 Å². The number of pyridine rings is 1. The number of hydrogen-bond acceptors (Lipinski definition) is 4. The monoisotopic (exact) mass is 329 g/mol. The molecular weight excluding hydrogens is 309 g/mol. The van der Waals surface area contributed by atoms with Crippen LogP contribution < -0.4 is 10.1 Å². The first kappa shape index (κ1) is 16.2. The number of halogens is 1. The smallest absolute Gasteiger partial charge is 0.272 e. The van der Waals surface area contributed by atoms with Crippen molar-refractivity contribution >= 4 is 11.6 Å². The van der Waals surface area contributed by atoms with Crippen molar-refractivity contribution in [2.45, 2.75) is 19.4 Å². The molecule has 5 nitrogen and oxygen atoms in total. The Labute approximate surface area is 140 Å². The summed E-state index contributed by atoms with van der Waals surface area (Å²) in [7, 11) is 3.37. The van der Waals surface area contributed by atoms with Crippen LogP contribution in [0, 0.1) is 5.82 Å². The molecule has 0 fully saturated rings. The molecule has 0 unspecified atom stereocenters. The van der Waals surface area contributed by atoms with E-state index in [1.807, 2.05) is 13.0 Å². The van der Waals surface area contributed by atoms with E-state index in [0.717, 1.165) is 16.8 Å². The zero-order valence-corrected chi connectivity index (χ0v) is 14.0. The number of aromatic nitrogens is 1. The van der Waals surface area contributed by atoms with E-state index in [0.29, 0.717) is 24.6 Å². The van der Waals surface area contributed by atoms with Crippen molar-refractivity contribution in [3.05, 3.63) is 53.0 Å². The Morgan fingerprint density at radius 2 is 2.08 bits per heavy atom. The predicted octanol–water partition coefficient (Wildman–Crippen LogP) is 2.71. The first-order valence-corrected chi connectivity index (χ1v) is 7.83. The Morgan fingerprint density at radius 3 is 2.75 bits per heavy atom. The molecule has 0 radical (unpaired) electrons. The van der Waals surface area contributed by atoms with Crippen molar-refractivity contribution in [3.63, 3.8) is 0 Å². The van der Waals surface area contributed by atoms with E-state index in [2.05, 4.69) is 10.3 Å². The summed E-state index contributed by atoms with van der Waals surface area (Å²) < 4.78 is 18.7. The Kier molecular flexibility index (Phi) is 4.38. The van der Waals surface area contributed by atoms with Crippen molar-refractivity contribution < 1.29 is 13.9 Å². The lowest BCUT2D eigenvalue weighted by Crippen LogP contribution is -2.30. The summed E-state index contributed by atoms with van der Waals surface area (Å²) in [6, 6.07) is 8.33. The maximum Gasteiger partial charge on any atom is 0.272 e. The first-order valence-electron chi connectivity index (χ1n) is 7.83. The third kappa shape index (κ3) is 3.32. The molecule has 24 heavy (non-hydrogen) atoms. The molecule has 2 aromatic rings. The van der Waals surface area contributed by atoms with Crippen molar-refractivity contribution in [1.82, 2.24) is 9.88 Å². The molecule has 1 aromatic heterocycles. The van der Waals surface area contributed by atoms with Gasteiger partial charge in [-0.1, -0.05) is 12.1 Å². The maximum absolute atomic E-state index is 13.1. The summed E-state index contributed by atoms with van der Waals surface area (Å²) in [4.78, 5) is 18.4. The molecule has 1 aromatic carbocycles. The van der Waals surface area contributed by atoms with E-state index in [4.69, 9.17) is 4.74 Å². The fourth-order valence-corrected chi connectivity index (χ4v) is 2.62. The third-order valence-corrected chi connectivity index (χ3v) is 3.86. The van der Waals surface area contributed by atoms with Gasteiger partial charge in [-0.15, -0.1) is 0 Å². The van der Waals surface area contributed by atoms with Crippen LogP contribution in [-0.2, 0) is 6.42 Å². The summed E-state index contributed by atoms with van der Waals surface area (Å²) >= 11 is 0. The highest BCUT2D eigenvalue weighted by molar-refractivity contribution is 5.94. The van der Waals surface area contributed by atoms with Gasteiger partial charge in [-0.25, -0.2) is 9.37 Å². The molecule has 0 saturated heterocycles. The van der Waals surface area contributed by atoms with E-state index in [9.17, 15) is 9.18 Å². The number of nitrogens with one attached hydrogen (secondary N) is 1. The quantitative estimate of drug-likeness (QED) is 0.941. The lowest BCUT2D eigenvalue weighted by Gasteiger charge is -2.25. The number of carbonyl (C=O) groups excluding carboxylic acids is 1. The highest BCUT2D eigenvalue weighted by Crippen LogP contribution is 2.30. The number of nitrogens with zero attached hydrogens (tertiary/aromatic N) is 2. The highest BCUT2D eigenvalue weighted by Gasteiger charge is 2.23. The van der Waals surface area contributed by atoms with Gasteiger partial charge in [-0.2, -0.15) is 0 Å². The summed E-state index contributed by atoms with van der Waals surface area (Å²) in [5, 5.41) is 3.32. The number of anilines is 1. The molecule has 0 saturated carbocycles. The Balaban J connectivity index is 2.02. The van der Waals surface area contributed by atoms with Gasteiger partial charge in [0.25, 0.3) is 5.91 Å². The molecule has 0 aliphatic carbocycles. The van der Waals surface area contributed by atoms with Crippen LogP contribution in [0.15, 0.2) is 30.3 Å². The zero-order chi connectivity index (χ0) is 17.3. The van der Waals surface area contributed by atoms with Gasteiger partial charge in [-0.3, -0.25) is 4.79 Å². The van der Waals surface area contributed by atoms with Gasteiger partial charge in [-0.05, 0) is 42.7 Å². The van der Waals surface area contributed by atoms with E-state index >= 15 is 0 Å². The molecule has 126 valence electrons. The largest absolute Gasteiger partial charge is 0.474 e. The number of benzene rings is 1. The van der Waals surface area contributed by atoms with Crippen LogP contribution in [0.5, 0.6) is 5.88 Å². The maximum atomic E-state index is 13.1. The second-order valence-corrected chi connectivity index (χ2v) is 6.21. The average molecular weight is 329 g/mol. The van der Waals surface area contributed by atoms with Gasteiger partial charge in [0.1, 0.15) is 18.1 Å². The van der Waals surface area contributed by atoms with Crippen LogP contribution in [0.2, 0.25) is 0 Å². The highest BCUT2D eigenvalue weighted by atomic mass is 19.1. The molecule has 2 heterocycles. The number of amides is 1. The molecule has 1 amide bonds. The summed E-state index contributed by atoms with van der Waals surface area (Å²) in [5.74, 6) is -0.0194. The van der Waals surface area contributed by atoms with Crippen LogP contribution >= 0.6 is 0 Å². The second-order valence-electron chi connectivity index (χ2n) is 6.21. The average Bonchev–Trinajstić information content (AvgIpc) is 2.55. The number of rotatable bonds is 3. The zero-order valence-electron chi connectivity index (χ0n) is 14.0. The van der Waals surface area contributed by atoms with Crippen LogP contribution in [-0.4, -0.2) is 42.5 Å². The molecule has 1 atom stereocenters. The standard InChI is InChI=1S/C18H20FN3O2/c1-11-10-24-17-15(20-11)9-13(16(21-17)18(23)22(2)3)8-12-4-6-14(19)7-5-12/h4-7,9,11,20H,8,10H2,1-3H3/t11-/m0/s1. The van der Waals surface area contributed by atoms with Gasteiger partial charge in [0.05, 0.1) is 11.7 Å². The SMILES string of the molecule is C[C@H]1COc2nc(C(=O)N(C)C)c(Cc3ccc(F)cc3)cc2N1. The minimum absolute atomic E-state index is 0.174. The minimum Gasteiger partial charge on any atom is -0.474 e. The predicted molar refractivity (Wildman–Crippen MR) is 90.0 cm³/mol. The van der Waals surface area contributed by atoms with Gasteiger partial charge >= 0.3 is 0 Å². The van der Waals surface area contributed by atoms with E-state index in [-0.39, 0.29) is 17.8 Å². The number of carbonyl (C=O) groups is 1. The summed E-state index contributed by atoms with van der Waals surface area (Å²) in [6.07, 6.45) is 0.492. The Hall–Kier alpha value is -2.63. The van der Waals surface area contributed by atoms with E-state index in [1.54, 1.807) is 26.2 Å². The topological polar surface area (TPSA) is 54.5 Å². The third-order valence-electron chi connectivity index (χ3n) is 3.86. The lowest BCUT2D eigenvalue weighted by atomic mass is 10.0.